The molecule has 1 N–H and O–H groups in total. The first kappa shape index (κ1) is 15.3. The zero-order valence-electron chi connectivity index (χ0n) is 12.6. The highest BCUT2D eigenvalue weighted by atomic mass is 32.2. The van der Waals surface area contributed by atoms with Crippen LogP contribution in [0.5, 0.6) is 0 Å². The molecule has 0 bridgehead atoms. The van der Waals surface area contributed by atoms with E-state index in [1.54, 1.807) is 12.1 Å². The number of furan rings is 1. The van der Waals surface area contributed by atoms with Gasteiger partial charge < -0.3 is 8.83 Å². The maximum atomic E-state index is 12.4. The molecule has 120 valence electrons. The molecule has 2 aromatic heterocycles. The van der Waals surface area contributed by atoms with Crippen molar-refractivity contribution in [3.63, 3.8) is 0 Å². The van der Waals surface area contributed by atoms with Crippen molar-refractivity contribution in [2.24, 2.45) is 0 Å². The zero-order valence-corrected chi connectivity index (χ0v) is 13.4. The quantitative estimate of drug-likeness (QED) is 0.770. The van der Waals surface area contributed by atoms with Gasteiger partial charge >= 0.3 is 0 Å². The predicted molar refractivity (Wildman–Crippen MR) is 83.4 cm³/mol. The first-order valence-corrected chi connectivity index (χ1v) is 8.49. The number of anilines is 1. The molecular formula is C15H15N3O4S. The van der Waals surface area contributed by atoms with E-state index in [9.17, 15) is 8.42 Å². The van der Waals surface area contributed by atoms with E-state index in [4.69, 9.17) is 8.83 Å². The Labute approximate surface area is 133 Å². The molecule has 8 heteroatoms. The Bertz CT molecular complexity index is 928. The van der Waals surface area contributed by atoms with Crippen LogP contribution in [0.15, 0.2) is 50.3 Å². The number of nitrogens with one attached hydrogen (secondary N) is 1. The van der Waals surface area contributed by atoms with Crippen molar-refractivity contribution >= 4 is 15.7 Å². The van der Waals surface area contributed by atoms with Gasteiger partial charge in [0.05, 0.1) is 5.69 Å². The summed E-state index contributed by atoms with van der Waals surface area (Å²) in [6.07, 6.45) is 0.591. The molecular weight excluding hydrogens is 318 g/mol. The molecule has 3 aromatic rings. The van der Waals surface area contributed by atoms with Crippen LogP contribution < -0.4 is 4.72 Å². The fourth-order valence-corrected chi connectivity index (χ4v) is 3.02. The number of benzene rings is 1. The van der Waals surface area contributed by atoms with Crippen LogP contribution in [-0.4, -0.2) is 18.6 Å². The molecule has 0 fully saturated rings. The average molecular weight is 333 g/mol. The Hall–Kier alpha value is -2.61. The van der Waals surface area contributed by atoms with Crippen molar-refractivity contribution in [1.82, 2.24) is 10.2 Å². The number of rotatable bonds is 5. The maximum absolute atomic E-state index is 12.4. The van der Waals surface area contributed by atoms with Crippen molar-refractivity contribution in [2.75, 3.05) is 4.72 Å². The first-order chi connectivity index (χ1) is 11.0. The van der Waals surface area contributed by atoms with E-state index in [1.807, 2.05) is 26.0 Å². The van der Waals surface area contributed by atoms with E-state index >= 15 is 0 Å². The summed E-state index contributed by atoms with van der Waals surface area (Å²) >= 11 is 0. The normalized spacial score (nSPS) is 11.6. The number of para-hydroxylation sites is 1. The smallest absolute Gasteiger partial charge is 0.295 e. The lowest BCUT2D eigenvalue weighted by Gasteiger charge is -2.08. The average Bonchev–Trinajstić information content (AvgIpc) is 3.18. The van der Waals surface area contributed by atoms with Gasteiger partial charge in [-0.15, -0.1) is 10.2 Å². The van der Waals surface area contributed by atoms with E-state index < -0.39 is 10.0 Å². The van der Waals surface area contributed by atoms with E-state index in [1.165, 1.54) is 12.1 Å². The summed E-state index contributed by atoms with van der Waals surface area (Å²) in [5.74, 6) is 0.820. The summed E-state index contributed by atoms with van der Waals surface area (Å²) in [5, 5.41) is 7.43. The first-order valence-electron chi connectivity index (χ1n) is 7.00. The molecule has 7 nitrogen and oxygen atoms in total. The maximum Gasteiger partial charge on any atom is 0.295 e. The molecule has 3 rings (SSSR count). The van der Waals surface area contributed by atoms with Gasteiger partial charge in [-0.2, -0.15) is 8.42 Å². The van der Waals surface area contributed by atoms with Gasteiger partial charge in [0.25, 0.3) is 15.9 Å². The molecule has 1 aromatic carbocycles. The second kappa shape index (κ2) is 5.88. The van der Waals surface area contributed by atoms with E-state index in [-0.39, 0.29) is 16.7 Å². The van der Waals surface area contributed by atoms with Gasteiger partial charge in [-0.1, -0.05) is 25.1 Å². The highest BCUT2D eigenvalue weighted by Crippen LogP contribution is 2.25. The van der Waals surface area contributed by atoms with Crippen LogP contribution in [0.1, 0.15) is 18.4 Å². The van der Waals surface area contributed by atoms with Crippen molar-refractivity contribution in [2.45, 2.75) is 25.4 Å². The van der Waals surface area contributed by atoms with Gasteiger partial charge in [-0.05, 0) is 30.7 Å². The third-order valence-electron chi connectivity index (χ3n) is 3.22. The SMILES string of the molecule is CCc1nnc(-c2ccc(S(=O)(=O)Nc3ccccc3C)o2)o1. The Morgan fingerprint density at radius 2 is 1.87 bits per heavy atom. The highest BCUT2D eigenvalue weighted by molar-refractivity contribution is 7.92. The summed E-state index contributed by atoms with van der Waals surface area (Å²) in [4.78, 5) is 0. The summed E-state index contributed by atoms with van der Waals surface area (Å²) in [7, 11) is -3.83. The second-order valence-electron chi connectivity index (χ2n) is 4.89. The molecule has 0 aliphatic heterocycles. The number of hydrogen-bond donors (Lipinski definition) is 1. The molecule has 2 heterocycles. The van der Waals surface area contributed by atoms with Gasteiger partial charge in [-0.3, -0.25) is 4.72 Å². The van der Waals surface area contributed by atoms with Crippen LogP contribution in [0.4, 0.5) is 5.69 Å². The number of hydrogen-bond acceptors (Lipinski definition) is 6. The van der Waals surface area contributed by atoms with E-state index in [2.05, 4.69) is 14.9 Å². The van der Waals surface area contributed by atoms with Crippen LogP contribution in [0.3, 0.4) is 0 Å². The monoisotopic (exact) mass is 333 g/mol. The van der Waals surface area contributed by atoms with Crippen molar-refractivity contribution < 1.29 is 17.3 Å². The molecule has 0 atom stereocenters. The summed E-state index contributed by atoms with van der Waals surface area (Å²) in [5.41, 5.74) is 1.31. The van der Waals surface area contributed by atoms with Gasteiger partial charge in [0, 0.05) is 6.42 Å². The van der Waals surface area contributed by atoms with Crippen molar-refractivity contribution in [3.8, 4) is 11.7 Å². The standard InChI is InChI=1S/C15H15N3O4S/c1-3-13-16-17-15(22-13)12-8-9-14(21-12)23(19,20)18-11-7-5-4-6-10(11)2/h4-9,18H,3H2,1-2H3. The minimum Gasteiger partial charge on any atom is -0.438 e. The molecule has 0 unspecified atom stereocenters. The van der Waals surface area contributed by atoms with Crippen molar-refractivity contribution in [1.29, 1.82) is 0 Å². The lowest BCUT2D eigenvalue weighted by molar-refractivity contribution is 0.436. The molecule has 0 radical (unpaired) electrons. The van der Waals surface area contributed by atoms with Gasteiger partial charge in [0.2, 0.25) is 11.0 Å². The molecule has 0 spiro atoms. The van der Waals surface area contributed by atoms with Crippen LogP contribution in [0.2, 0.25) is 0 Å². The fraction of sp³-hybridized carbons (Fsp3) is 0.200. The molecule has 0 saturated carbocycles. The predicted octanol–water partition coefficient (Wildman–Crippen LogP) is 3.00. The minimum atomic E-state index is -3.83. The number of sulfonamides is 1. The van der Waals surface area contributed by atoms with Crippen LogP contribution in [0.25, 0.3) is 11.7 Å². The lowest BCUT2D eigenvalue weighted by atomic mass is 10.2. The summed E-state index contributed by atoms with van der Waals surface area (Å²) in [6, 6.07) is 9.92. The van der Waals surface area contributed by atoms with Crippen LogP contribution in [-0.2, 0) is 16.4 Å². The Morgan fingerprint density at radius 1 is 1.09 bits per heavy atom. The second-order valence-corrected chi connectivity index (χ2v) is 6.51. The van der Waals surface area contributed by atoms with Crippen molar-refractivity contribution in [3.05, 3.63) is 47.9 Å². The van der Waals surface area contributed by atoms with Gasteiger partial charge in [0.1, 0.15) is 0 Å². The van der Waals surface area contributed by atoms with Crippen LogP contribution >= 0.6 is 0 Å². The van der Waals surface area contributed by atoms with Gasteiger partial charge in [-0.25, -0.2) is 0 Å². The Balaban J connectivity index is 1.88. The Kier molecular flexibility index (Phi) is 3.91. The fourth-order valence-electron chi connectivity index (χ4n) is 1.96. The zero-order chi connectivity index (χ0) is 16.4. The molecule has 0 amide bonds. The Morgan fingerprint density at radius 3 is 2.57 bits per heavy atom. The highest BCUT2D eigenvalue weighted by Gasteiger charge is 2.22. The number of aromatic nitrogens is 2. The lowest BCUT2D eigenvalue weighted by Crippen LogP contribution is -2.12. The molecule has 23 heavy (non-hydrogen) atoms. The summed E-state index contributed by atoms with van der Waals surface area (Å²) in [6.45, 7) is 3.69. The largest absolute Gasteiger partial charge is 0.438 e. The van der Waals surface area contributed by atoms with Crippen LogP contribution in [0, 0.1) is 6.92 Å². The minimum absolute atomic E-state index is 0.152. The van der Waals surface area contributed by atoms with E-state index in [0.29, 0.717) is 18.0 Å². The molecule has 0 aliphatic carbocycles. The van der Waals surface area contributed by atoms with E-state index in [0.717, 1.165) is 5.56 Å². The number of nitrogens with zero attached hydrogens (tertiary/aromatic N) is 2. The van der Waals surface area contributed by atoms with Gasteiger partial charge in [0.15, 0.2) is 5.76 Å². The third kappa shape index (κ3) is 3.11. The molecule has 0 aliphatic rings. The topological polar surface area (TPSA) is 98.2 Å². The number of aryl methyl sites for hydroxylation is 2. The summed E-state index contributed by atoms with van der Waals surface area (Å²) < 4.78 is 38.0. The third-order valence-corrected chi connectivity index (χ3v) is 4.45. The molecule has 0 saturated heterocycles.